The number of hydrogen-bond donors (Lipinski definition) is 3. The summed E-state index contributed by atoms with van der Waals surface area (Å²) in [5.41, 5.74) is 2.83. The van der Waals surface area contributed by atoms with E-state index in [1.54, 1.807) is 17.2 Å². The number of carbonyl (C=O) groups is 2. The van der Waals surface area contributed by atoms with Crippen molar-refractivity contribution in [1.82, 2.24) is 20.5 Å². The summed E-state index contributed by atoms with van der Waals surface area (Å²) in [6.07, 6.45) is 4.01. The fourth-order valence-corrected chi connectivity index (χ4v) is 4.28. The van der Waals surface area contributed by atoms with Gasteiger partial charge in [-0.25, -0.2) is 4.79 Å². The summed E-state index contributed by atoms with van der Waals surface area (Å²) >= 11 is 0. The second-order valence-electron chi connectivity index (χ2n) is 8.42. The monoisotopic (exact) mass is 526 g/mol. The van der Waals surface area contributed by atoms with Crippen LogP contribution in [0.2, 0.25) is 0 Å². The molecule has 2 atom stereocenters. The van der Waals surface area contributed by atoms with Gasteiger partial charge in [0.2, 0.25) is 0 Å². The molecule has 2 aliphatic heterocycles. The van der Waals surface area contributed by atoms with Crippen LogP contribution in [0.4, 0.5) is 4.79 Å². The average Bonchev–Trinajstić information content (AvgIpc) is 2.87. The summed E-state index contributed by atoms with van der Waals surface area (Å²) in [6.45, 7) is 1.95. The number of pyridine rings is 1. The van der Waals surface area contributed by atoms with Gasteiger partial charge in [-0.05, 0) is 23.6 Å². The molecule has 0 radical (unpaired) electrons. The minimum absolute atomic E-state index is 0. The number of aliphatic hydroxyl groups is 1. The molecule has 1 fully saturated rings. The number of nitrogens with zero attached hydrogens (tertiary/aromatic N) is 2. The van der Waals surface area contributed by atoms with Gasteiger partial charge in [0.05, 0.1) is 25.0 Å². The van der Waals surface area contributed by atoms with Gasteiger partial charge in [-0.3, -0.25) is 9.78 Å². The quantitative estimate of drug-likeness (QED) is 0.529. The predicted molar refractivity (Wildman–Crippen MR) is 135 cm³/mol. The summed E-state index contributed by atoms with van der Waals surface area (Å²) in [6, 6.07) is 9.69. The van der Waals surface area contributed by atoms with Crippen LogP contribution in [-0.2, 0) is 17.7 Å². The number of ether oxygens (including phenoxy) is 2. The number of piperidine rings is 1. The molecule has 0 bridgehead atoms. The number of aliphatic hydroxyl groups excluding tert-OH is 1. The molecule has 1 aromatic heterocycles. The fraction of sp³-hybridized carbons (Fsp3) is 0.458. The largest absolute Gasteiger partial charge is 0.489 e. The number of methoxy groups -OCH3 is 1. The summed E-state index contributed by atoms with van der Waals surface area (Å²) < 4.78 is 10.7. The summed E-state index contributed by atoms with van der Waals surface area (Å²) in [5.74, 6) is 0.189. The number of amides is 2. The first-order valence-electron chi connectivity index (χ1n) is 11.2. The second kappa shape index (κ2) is 13.5. The normalized spacial score (nSPS) is 18.2. The number of fused-ring (bicyclic) bond motifs is 1. The van der Waals surface area contributed by atoms with Gasteiger partial charge in [0.25, 0.3) is 5.91 Å². The van der Waals surface area contributed by atoms with Gasteiger partial charge in [0.15, 0.2) is 0 Å². The highest BCUT2D eigenvalue weighted by Crippen LogP contribution is 2.20. The lowest BCUT2D eigenvalue weighted by atomic mass is 9.93. The molecule has 4 rings (SSSR count). The molecule has 1 aromatic carbocycles. The molecule has 2 aliphatic rings. The lowest BCUT2D eigenvalue weighted by Crippen LogP contribution is -2.49. The van der Waals surface area contributed by atoms with Crippen molar-refractivity contribution in [3.8, 4) is 5.75 Å². The van der Waals surface area contributed by atoms with Crippen molar-refractivity contribution in [2.24, 2.45) is 0 Å². The van der Waals surface area contributed by atoms with Gasteiger partial charge in [0, 0.05) is 51.3 Å². The molecule has 3 N–H and O–H groups in total. The van der Waals surface area contributed by atoms with E-state index in [2.05, 4.69) is 27.8 Å². The number of benzene rings is 1. The van der Waals surface area contributed by atoms with Gasteiger partial charge in [0.1, 0.15) is 11.9 Å². The molecule has 192 valence electrons. The maximum atomic E-state index is 12.6. The van der Waals surface area contributed by atoms with Crippen LogP contribution < -0.4 is 15.4 Å². The first-order chi connectivity index (χ1) is 16.0. The van der Waals surface area contributed by atoms with E-state index in [4.69, 9.17) is 9.47 Å². The maximum absolute atomic E-state index is 12.6. The number of aromatic nitrogens is 1. The van der Waals surface area contributed by atoms with Crippen molar-refractivity contribution >= 4 is 36.8 Å². The van der Waals surface area contributed by atoms with Crippen molar-refractivity contribution in [1.29, 1.82) is 0 Å². The average molecular weight is 527 g/mol. The van der Waals surface area contributed by atoms with Crippen LogP contribution in [0.1, 0.15) is 34.3 Å². The van der Waals surface area contributed by atoms with E-state index in [0.29, 0.717) is 50.2 Å². The van der Waals surface area contributed by atoms with Crippen LogP contribution in [-0.4, -0.2) is 72.0 Å². The minimum Gasteiger partial charge on any atom is -0.489 e. The van der Waals surface area contributed by atoms with E-state index in [1.165, 1.54) is 24.4 Å². The Hall–Kier alpha value is -2.59. The number of carbonyl (C=O) groups excluding carboxylic acids is 2. The zero-order chi connectivity index (χ0) is 23.2. The molecular weight excluding hydrogens is 495 g/mol. The zero-order valence-corrected chi connectivity index (χ0v) is 21.1. The molecule has 2 amide bonds. The molecule has 2 aromatic rings. The van der Waals surface area contributed by atoms with Crippen molar-refractivity contribution in [3.63, 3.8) is 0 Å². The van der Waals surface area contributed by atoms with E-state index >= 15 is 0 Å². The Labute approximate surface area is 217 Å². The minimum atomic E-state index is -0.713. The Kier molecular flexibility index (Phi) is 11.0. The number of hydrogen-bond acceptors (Lipinski definition) is 7. The highest BCUT2D eigenvalue weighted by molar-refractivity contribution is 5.94. The maximum Gasteiger partial charge on any atom is 0.409 e. The molecule has 0 unspecified atom stereocenters. The third-order valence-electron chi connectivity index (χ3n) is 6.20. The molecule has 0 spiro atoms. The molecular formula is C24H32Cl2N4O5. The van der Waals surface area contributed by atoms with Crippen LogP contribution in [0.25, 0.3) is 0 Å². The van der Waals surface area contributed by atoms with Gasteiger partial charge >= 0.3 is 6.09 Å². The third kappa shape index (κ3) is 7.44. The van der Waals surface area contributed by atoms with Crippen LogP contribution in [0.3, 0.4) is 0 Å². The topological polar surface area (TPSA) is 113 Å². The molecule has 11 heteroatoms. The highest BCUT2D eigenvalue weighted by Gasteiger charge is 2.26. The predicted octanol–water partition coefficient (Wildman–Crippen LogP) is 2.34. The van der Waals surface area contributed by atoms with E-state index in [9.17, 15) is 14.7 Å². The zero-order valence-electron chi connectivity index (χ0n) is 19.5. The van der Waals surface area contributed by atoms with Crippen molar-refractivity contribution < 1.29 is 24.2 Å². The van der Waals surface area contributed by atoms with Crippen LogP contribution >= 0.6 is 24.8 Å². The number of rotatable bonds is 6. The SMILES string of the molecule is COC(=O)N1CCC(Oc2cncc(C(=O)NC[C@@H](O)[C@@H]3Cc4ccccc4CN3)c2)CC1.Cl.Cl. The van der Waals surface area contributed by atoms with E-state index in [0.717, 1.165) is 0 Å². The van der Waals surface area contributed by atoms with Crippen LogP contribution in [0.15, 0.2) is 42.7 Å². The first kappa shape index (κ1) is 28.6. The van der Waals surface area contributed by atoms with Crippen molar-refractivity contribution in [2.75, 3.05) is 26.7 Å². The molecule has 9 nitrogen and oxygen atoms in total. The highest BCUT2D eigenvalue weighted by atomic mass is 35.5. The van der Waals surface area contributed by atoms with Gasteiger partial charge in [-0.15, -0.1) is 24.8 Å². The molecule has 0 aliphatic carbocycles. The third-order valence-corrected chi connectivity index (χ3v) is 6.20. The smallest absolute Gasteiger partial charge is 0.409 e. The van der Waals surface area contributed by atoms with Crippen LogP contribution in [0.5, 0.6) is 5.75 Å². The Bertz CT molecular complexity index is 988. The number of likely N-dealkylation sites (tertiary alicyclic amines) is 1. The molecule has 35 heavy (non-hydrogen) atoms. The Morgan fingerprint density at radius 1 is 1.20 bits per heavy atom. The first-order valence-corrected chi connectivity index (χ1v) is 11.2. The lowest BCUT2D eigenvalue weighted by Gasteiger charge is -2.31. The van der Waals surface area contributed by atoms with Gasteiger partial charge in [-0.1, -0.05) is 24.3 Å². The Morgan fingerprint density at radius 3 is 2.63 bits per heavy atom. The van der Waals surface area contributed by atoms with Crippen LogP contribution in [0, 0.1) is 0 Å². The summed E-state index contributed by atoms with van der Waals surface area (Å²) in [5, 5.41) is 16.7. The lowest BCUT2D eigenvalue weighted by molar-refractivity contribution is 0.0784. The molecule has 0 saturated carbocycles. The summed E-state index contributed by atoms with van der Waals surface area (Å²) in [4.78, 5) is 30.0. The Morgan fingerprint density at radius 2 is 1.91 bits per heavy atom. The van der Waals surface area contributed by atoms with Crippen molar-refractivity contribution in [2.45, 2.75) is 44.1 Å². The van der Waals surface area contributed by atoms with Gasteiger partial charge < -0.3 is 30.1 Å². The molecule has 1 saturated heterocycles. The Balaban J connectivity index is 0.00000216. The number of halogens is 2. The van der Waals surface area contributed by atoms with Crippen molar-refractivity contribution in [3.05, 3.63) is 59.4 Å². The van der Waals surface area contributed by atoms with Gasteiger partial charge in [-0.2, -0.15) is 0 Å². The fourth-order valence-electron chi connectivity index (χ4n) is 4.28. The van der Waals surface area contributed by atoms with E-state index in [-0.39, 0.29) is 55.5 Å². The standard InChI is InChI=1S/C24H30N4O5.2ClH/c1-32-24(31)28-8-6-19(7-9-28)33-20-10-18(12-25-14-20)23(30)27-15-22(29)21-11-16-4-2-3-5-17(16)13-26-21;;/h2-5,10,12,14,19,21-22,26,29H,6-9,11,13,15H2,1H3,(H,27,30);2*1H/t21-,22+;;/m0../s1. The number of nitrogens with one attached hydrogen (secondary N) is 2. The molecule has 3 heterocycles. The summed E-state index contributed by atoms with van der Waals surface area (Å²) in [7, 11) is 1.37. The van der Waals surface area contributed by atoms with E-state index in [1.807, 2.05) is 12.1 Å². The van der Waals surface area contributed by atoms with E-state index < -0.39 is 6.10 Å². The second-order valence-corrected chi connectivity index (χ2v) is 8.42.